The first-order valence-corrected chi connectivity index (χ1v) is 13.3. The zero-order valence-corrected chi connectivity index (χ0v) is 23.0. The summed E-state index contributed by atoms with van der Waals surface area (Å²) < 4.78 is 0. The van der Waals surface area contributed by atoms with Gasteiger partial charge in [0.2, 0.25) is 0 Å². The Kier molecular flexibility index (Phi) is 7.84. The highest BCUT2D eigenvalue weighted by Gasteiger charge is 2.54. The van der Waals surface area contributed by atoms with Crippen LogP contribution < -0.4 is 0 Å². The van der Waals surface area contributed by atoms with Crippen molar-refractivity contribution in [3.63, 3.8) is 0 Å². The van der Waals surface area contributed by atoms with Gasteiger partial charge in [-0.3, -0.25) is 29.3 Å². The molecular weight excluding hydrogens is 645 g/mol. The smallest absolute Gasteiger partial charge is 0.273 e. The van der Waals surface area contributed by atoms with E-state index in [2.05, 4.69) is 31.9 Å². The zero-order chi connectivity index (χ0) is 26.3. The number of fused-ring (bicyclic) bond motifs is 1. The number of alkyl halides is 2. The minimum Gasteiger partial charge on any atom is -0.292 e. The van der Waals surface area contributed by atoms with Gasteiger partial charge in [-0.25, -0.2) is 5.01 Å². The molecule has 1 aliphatic heterocycles. The van der Waals surface area contributed by atoms with E-state index >= 15 is 0 Å². The number of nitro benzene ring substituents is 1. The van der Waals surface area contributed by atoms with Crippen molar-refractivity contribution < 1.29 is 24.1 Å². The number of imide groups is 1. The van der Waals surface area contributed by atoms with Crippen LogP contribution in [0.1, 0.15) is 33.6 Å². The van der Waals surface area contributed by atoms with Crippen LogP contribution in [0.4, 0.5) is 5.69 Å². The first-order valence-electron chi connectivity index (χ1n) is 10.7. The fraction of sp³-hybridized carbons (Fsp3) is 0.304. The van der Waals surface area contributed by atoms with Gasteiger partial charge in [0.1, 0.15) is 6.54 Å². The van der Waals surface area contributed by atoms with Crippen molar-refractivity contribution in [3.05, 3.63) is 73.8 Å². The van der Waals surface area contributed by atoms with Crippen molar-refractivity contribution in [1.29, 1.82) is 0 Å². The Balaban J connectivity index is 1.70. The highest BCUT2D eigenvalue weighted by molar-refractivity contribution is 9.12. The van der Waals surface area contributed by atoms with Crippen molar-refractivity contribution in [2.45, 2.75) is 22.5 Å². The van der Waals surface area contributed by atoms with E-state index in [4.69, 9.17) is 23.2 Å². The zero-order valence-electron chi connectivity index (χ0n) is 18.3. The van der Waals surface area contributed by atoms with Gasteiger partial charge in [0.25, 0.3) is 23.4 Å². The van der Waals surface area contributed by atoms with Crippen LogP contribution in [0.5, 0.6) is 0 Å². The molecule has 1 heterocycles. The lowest BCUT2D eigenvalue weighted by Crippen LogP contribution is -2.52. The number of nitro groups is 1. The second kappa shape index (κ2) is 10.6. The number of amides is 3. The van der Waals surface area contributed by atoms with Crippen LogP contribution in [0.15, 0.2) is 42.5 Å². The molecule has 1 aliphatic carbocycles. The van der Waals surface area contributed by atoms with Gasteiger partial charge in [0.05, 0.1) is 26.8 Å². The van der Waals surface area contributed by atoms with Crippen LogP contribution in [0.25, 0.3) is 0 Å². The lowest BCUT2D eigenvalue weighted by atomic mass is 9.81. The van der Waals surface area contributed by atoms with Gasteiger partial charge in [0.15, 0.2) is 5.78 Å². The van der Waals surface area contributed by atoms with E-state index in [1.165, 1.54) is 30.3 Å². The van der Waals surface area contributed by atoms with Crippen LogP contribution in [0, 0.1) is 22.0 Å². The SMILES string of the molecule is O=C(CN(C(=O)c1ccc(Cl)c(Cl)c1)N1C(=O)[C@H]2C[C@@H](Br)[C@@H](Br)C[C@H]2C1=O)c1ccc([N+](=O)[O-])cc1. The lowest BCUT2D eigenvalue weighted by molar-refractivity contribution is -0.384. The Labute approximate surface area is 232 Å². The van der Waals surface area contributed by atoms with Crippen LogP contribution in [-0.2, 0) is 9.59 Å². The third-order valence-corrected chi connectivity index (χ3v) is 9.70. The highest BCUT2D eigenvalue weighted by Crippen LogP contribution is 2.43. The first kappa shape index (κ1) is 26.7. The second-order valence-corrected chi connectivity index (χ2v) is 11.6. The summed E-state index contributed by atoms with van der Waals surface area (Å²) >= 11 is 19.1. The van der Waals surface area contributed by atoms with E-state index in [1.807, 2.05) is 0 Å². The maximum atomic E-state index is 13.5. The molecule has 188 valence electrons. The molecule has 0 aromatic heterocycles. The Morgan fingerprint density at radius 1 is 0.944 bits per heavy atom. The number of carbonyl (C=O) groups excluding carboxylic acids is 4. The molecule has 13 heteroatoms. The van der Waals surface area contributed by atoms with Gasteiger partial charge in [0, 0.05) is 32.9 Å². The van der Waals surface area contributed by atoms with E-state index in [1.54, 1.807) is 0 Å². The first-order chi connectivity index (χ1) is 17.0. The van der Waals surface area contributed by atoms with E-state index in [0.717, 1.165) is 22.2 Å². The summed E-state index contributed by atoms with van der Waals surface area (Å²) in [5.41, 5.74) is -0.115. The number of ketones is 1. The molecule has 0 unspecified atom stereocenters. The third-order valence-electron chi connectivity index (χ3n) is 6.22. The number of non-ortho nitro benzene ring substituents is 1. The molecular formula is C23H17Br2Cl2N3O6. The molecule has 9 nitrogen and oxygen atoms in total. The quantitative estimate of drug-likeness (QED) is 0.140. The molecule has 0 bridgehead atoms. The fourth-order valence-corrected chi connectivity index (χ4v) is 5.86. The highest BCUT2D eigenvalue weighted by atomic mass is 79.9. The van der Waals surface area contributed by atoms with Crippen LogP contribution in [0.2, 0.25) is 10.0 Å². The van der Waals surface area contributed by atoms with E-state index in [0.29, 0.717) is 12.8 Å². The average Bonchev–Trinajstić information content (AvgIpc) is 3.08. The minimum atomic E-state index is -0.796. The number of carbonyl (C=O) groups is 4. The lowest BCUT2D eigenvalue weighted by Gasteiger charge is -2.30. The summed E-state index contributed by atoms with van der Waals surface area (Å²) in [6, 6.07) is 8.88. The molecule has 2 fully saturated rings. The largest absolute Gasteiger partial charge is 0.292 e. The summed E-state index contributed by atoms with van der Waals surface area (Å²) in [6.07, 6.45) is 0.763. The van der Waals surface area contributed by atoms with Crippen molar-refractivity contribution >= 4 is 84.3 Å². The number of hydrogen-bond acceptors (Lipinski definition) is 6. The predicted octanol–water partition coefficient (Wildman–Crippen LogP) is 5.06. The third kappa shape index (κ3) is 5.06. The molecule has 0 N–H and O–H groups in total. The van der Waals surface area contributed by atoms with Gasteiger partial charge in [-0.2, -0.15) is 5.01 Å². The van der Waals surface area contributed by atoms with Crippen LogP contribution >= 0.6 is 55.1 Å². The summed E-state index contributed by atoms with van der Waals surface area (Å²) in [5.74, 6) is -3.85. The molecule has 2 aromatic rings. The Hall–Kier alpha value is -2.34. The maximum Gasteiger partial charge on any atom is 0.273 e. The van der Waals surface area contributed by atoms with Crippen molar-refractivity contribution in [2.75, 3.05) is 6.54 Å². The molecule has 2 aliphatic rings. The monoisotopic (exact) mass is 659 g/mol. The van der Waals surface area contributed by atoms with E-state index < -0.39 is 46.8 Å². The molecule has 0 spiro atoms. The molecule has 1 saturated heterocycles. The predicted molar refractivity (Wildman–Crippen MR) is 138 cm³/mol. The Morgan fingerprint density at radius 3 is 1.97 bits per heavy atom. The molecule has 2 aromatic carbocycles. The summed E-state index contributed by atoms with van der Waals surface area (Å²) in [5, 5.41) is 12.8. The van der Waals surface area contributed by atoms with Gasteiger partial charge in [-0.15, -0.1) is 0 Å². The average molecular weight is 662 g/mol. The Bertz CT molecular complexity index is 1250. The normalized spacial score (nSPS) is 23.4. The van der Waals surface area contributed by atoms with E-state index in [9.17, 15) is 29.3 Å². The van der Waals surface area contributed by atoms with Gasteiger partial charge >= 0.3 is 0 Å². The number of rotatable bonds is 6. The molecule has 36 heavy (non-hydrogen) atoms. The molecule has 4 atom stereocenters. The standard InChI is InChI=1S/C23H17Br2Cl2N3O6/c24-16-8-14-15(9-17(16)25)23(34)29(22(14)33)28(21(32)12-3-6-18(26)19(27)7-12)10-20(31)11-1-4-13(5-2-11)30(35)36/h1-7,14-17H,8-10H2/t14-,15+,16+,17-. The van der Waals surface area contributed by atoms with Crippen molar-refractivity contribution in [3.8, 4) is 0 Å². The minimum absolute atomic E-state index is 0.0214. The number of Topliss-reactive ketones (excluding diaryl/α,β-unsaturated/α-hetero) is 1. The number of nitrogens with zero attached hydrogens (tertiary/aromatic N) is 3. The maximum absolute atomic E-state index is 13.5. The molecule has 3 amide bonds. The van der Waals surface area contributed by atoms with Crippen molar-refractivity contribution in [2.24, 2.45) is 11.8 Å². The molecule has 1 saturated carbocycles. The van der Waals surface area contributed by atoms with Crippen molar-refractivity contribution in [1.82, 2.24) is 10.0 Å². The number of hydrazine groups is 1. The van der Waals surface area contributed by atoms with Gasteiger partial charge in [-0.1, -0.05) is 55.1 Å². The van der Waals surface area contributed by atoms with Gasteiger partial charge in [-0.05, 0) is 43.2 Å². The van der Waals surface area contributed by atoms with E-state index in [-0.39, 0.29) is 36.5 Å². The summed E-state index contributed by atoms with van der Waals surface area (Å²) in [7, 11) is 0. The number of benzene rings is 2. The fourth-order valence-electron chi connectivity index (χ4n) is 4.32. The molecule has 4 rings (SSSR count). The summed E-state index contributed by atoms with van der Waals surface area (Å²) in [6.45, 7) is -0.650. The topological polar surface area (TPSA) is 118 Å². The van der Waals surface area contributed by atoms with Crippen LogP contribution in [-0.4, -0.2) is 54.6 Å². The number of halogens is 4. The second-order valence-electron chi connectivity index (χ2n) is 8.42. The van der Waals surface area contributed by atoms with Gasteiger partial charge < -0.3 is 0 Å². The summed E-state index contributed by atoms with van der Waals surface area (Å²) in [4.78, 5) is 63.7. The molecule has 0 radical (unpaired) electrons. The van der Waals surface area contributed by atoms with Crippen LogP contribution in [0.3, 0.4) is 0 Å². The number of hydrogen-bond donors (Lipinski definition) is 0. The Morgan fingerprint density at radius 2 is 1.47 bits per heavy atom.